The molecule has 2 aliphatic rings. The average molecular weight is 436 g/mol. The molecule has 1 unspecified atom stereocenters. The number of likely N-dealkylation sites (N-methyl/N-ethyl adjacent to an activating group) is 1. The number of nitrogens with zero attached hydrogens (tertiary/aromatic N) is 5. The molecule has 4 rings (SSSR count). The van der Waals surface area contributed by atoms with Crippen LogP contribution in [0.4, 0.5) is 4.79 Å². The predicted octanol–water partition coefficient (Wildman–Crippen LogP) is 1.12. The van der Waals surface area contributed by atoms with Gasteiger partial charge in [-0.15, -0.1) is 16.3 Å². The summed E-state index contributed by atoms with van der Waals surface area (Å²) in [5.41, 5.74) is 0.239. The second kappa shape index (κ2) is 7.88. The second-order valence-electron chi connectivity index (χ2n) is 7.59. The van der Waals surface area contributed by atoms with Crippen molar-refractivity contribution in [1.82, 2.24) is 18.9 Å². The Kier molecular flexibility index (Phi) is 5.41. The number of aliphatic imine (C=N–C) groups is 1. The number of fused-ring (bicyclic) bond motifs is 1. The first-order valence-corrected chi connectivity index (χ1v) is 10.8. The van der Waals surface area contributed by atoms with Crippen LogP contribution in [0.2, 0.25) is 0 Å². The average Bonchev–Trinajstić information content (AvgIpc) is 3.15. The summed E-state index contributed by atoms with van der Waals surface area (Å²) in [6.07, 6.45) is -0.357. The van der Waals surface area contributed by atoms with Crippen LogP contribution in [0, 0.1) is 6.92 Å². The number of rotatable bonds is 5. The highest BCUT2D eigenvalue weighted by Gasteiger charge is 2.28. The number of hydrogen-bond donors (Lipinski definition) is 1. The van der Waals surface area contributed by atoms with Crippen molar-refractivity contribution in [1.29, 1.82) is 0 Å². The number of ether oxygens (including phenoxy) is 1. The molecule has 2 aliphatic heterocycles. The number of carbonyl (C=O) groups is 1. The van der Waals surface area contributed by atoms with Gasteiger partial charge in [0, 0.05) is 38.2 Å². The Morgan fingerprint density at radius 2 is 2.03 bits per heavy atom. The van der Waals surface area contributed by atoms with Gasteiger partial charge in [-0.25, -0.2) is 9.59 Å². The quantitative estimate of drug-likeness (QED) is 0.750. The third-order valence-corrected chi connectivity index (χ3v) is 7.05. The third-order valence-electron chi connectivity index (χ3n) is 5.75. The Morgan fingerprint density at radius 3 is 2.63 bits per heavy atom. The van der Waals surface area contributed by atoms with Crippen LogP contribution in [0.15, 0.2) is 14.6 Å². The van der Waals surface area contributed by atoms with Gasteiger partial charge in [0.1, 0.15) is 4.83 Å². The van der Waals surface area contributed by atoms with Crippen LogP contribution >= 0.6 is 11.3 Å². The molecule has 10 nitrogen and oxygen atoms in total. The van der Waals surface area contributed by atoms with Crippen molar-refractivity contribution in [2.45, 2.75) is 46.0 Å². The topological polar surface area (TPSA) is 109 Å². The van der Waals surface area contributed by atoms with Gasteiger partial charge in [-0.05, 0) is 25.8 Å². The lowest BCUT2D eigenvalue weighted by Gasteiger charge is -2.27. The molecule has 2 aromatic heterocycles. The standard InChI is InChI=1S/C19H25N5O5S/c1-4-23-15(25)14-11(2)13(10-22-7-6-21(3)17(22)20-18(26)27)30-16(14)24(19(23)28)9-12-5-8-29-12/h12H,4-10H2,1-3H3,(H,26,27). The van der Waals surface area contributed by atoms with E-state index in [9.17, 15) is 14.4 Å². The van der Waals surface area contributed by atoms with Crippen LogP contribution in [0.25, 0.3) is 10.2 Å². The van der Waals surface area contributed by atoms with E-state index in [-0.39, 0.29) is 17.4 Å². The first-order chi connectivity index (χ1) is 14.3. The summed E-state index contributed by atoms with van der Waals surface area (Å²) in [7, 11) is 1.80. The van der Waals surface area contributed by atoms with Crippen molar-refractivity contribution < 1.29 is 14.6 Å². The molecule has 0 saturated carbocycles. The van der Waals surface area contributed by atoms with E-state index >= 15 is 0 Å². The van der Waals surface area contributed by atoms with E-state index in [1.807, 2.05) is 11.8 Å². The molecule has 11 heteroatoms. The fourth-order valence-corrected chi connectivity index (χ4v) is 5.25. The third kappa shape index (κ3) is 3.41. The summed E-state index contributed by atoms with van der Waals surface area (Å²) in [6, 6.07) is 0. The summed E-state index contributed by atoms with van der Waals surface area (Å²) in [5, 5.41) is 9.64. The molecule has 0 aromatic carbocycles. The Balaban J connectivity index is 1.80. The molecule has 1 atom stereocenters. The molecule has 4 heterocycles. The van der Waals surface area contributed by atoms with Gasteiger partial charge >= 0.3 is 11.8 Å². The van der Waals surface area contributed by atoms with Gasteiger partial charge in [0.25, 0.3) is 5.56 Å². The maximum Gasteiger partial charge on any atom is 0.434 e. The van der Waals surface area contributed by atoms with E-state index in [1.165, 1.54) is 15.9 Å². The van der Waals surface area contributed by atoms with E-state index in [4.69, 9.17) is 9.84 Å². The van der Waals surface area contributed by atoms with Gasteiger partial charge in [-0.2, -0.15) is 0 Å². The van der Waals surface area contributed by atoms with Crippen LogP contribution in [0.3, 0.4) is 0 Å². The van der Waals surface area contributed by atoms with Gasteiger partial charge in [-0.3, -0.25) is 13.9 Å². The van der Waals surface area contributed by atoms with Crippen molar-refractivity contribution in [2.24, 2.45) is 4.99 Å². The van der Waals surface area contributed by atoms with Crippen LogP contribution in [-0.4, -0.2) is 68.9 Å². The zero-order valence-corrected chi connectivity index (χ0v) is 18.1. The number of thiophene rings is 1. The highest BCUT2D eigenvalue weighted by atomic mass is 32.1. The molecular weight excluding hydrogens is 410 g/mol. The van der Waals surface area contributed by atoms with Crippen molar-refractivity contribution in [3.63, 3.8) is 0 Å². The Bertz CT molecular complexity index is 1140. The fourth-order valence-electron chi connectivity index (χ4n) is 3.94. The minimum atomic E-state index is -1.24. The number of hydrogen-bond acceptors (Lipinski definition) is 5. The van der Waals surface area contributed by atoms with Crippen LogP contribution in [0.1, 0.15) is 23.8 Å². The van der Waals surface area contributed by atoms with Crippen LogP contribution in [-0.2, 0) is 24.4 Å². The van der Waals surface area contributed by atoms with E-state index < -0.39 is 6.09 Å². The molecule has 0 aliphatic carbocycles. The van der Waals surface area contributed by atoms with Crippen molar-refractivity contribution in [3.8, 4) is 0 Å². The summed E-state index contributed by atoms with van der Waals surface area (Å²) in [4.78, 5) is 46.1. The van der Waals surface area contributed by atoms with Crippen molar-refractivity contribution >= 4 is 33.6 Å². The first-order valence-electron chi connectivity index (χ1n) is 9.96. The second-order valence-corrected chi connectivity index (χ2v) is 8.68. The first kappa shape index (κ1) is 20.6. The lowest BCUT2D eigenvalue weighted by Crippen LogP contribution is -2.43. The van der Waals surface area contributed by atoms with Gasteiger partial charge in [-0.1, -0.05) is 0 Å². The zero-order chi connectivity index (χ0) is 21.6. The number of guanidine groups is 1. The maximum absolute atomic E-state index is 13.0. The molecule has 30 heavy (non-hydrogen) atoms. The zero-order valence-electron chi connectivity index (χ0n) is 17.3. The number of aromatic nitrogens is 2. The SMILES string of the molecule is CCn1c(=O)c2c(C)c(CN3CCN(C)C3=NC(=O)O)sc2n(CC2CCO2)c1=O. The minimum Gasteiger partial charge on any atom is -0.463 e. The van der Waals surface area contributed by atoms with Gasteiger partial charge in [0.05, 0.1) is 24.6 Å². The molecule has 2 fully saturated rings. The molecule has 0 radical (unpaired) electrons. The molecule has 0 spiro atoms. The van der Waals surface area contributed by atoms with E-state index in [0.29, 0.717) is 55.5 Å². The van der Waals surface area contributed by atoms with Gasteiger partial charge in [0.2, 0.25) is 5.96 Å². The predicted molar refractivity (Wildman–Crippen MR) is 114 cm³/mol. The smallest absolute Gasteiger partial charge is 0.434 e. The van der Waals surface area contributed by atoms with Gasteiger partial charge in [0.15, 0.2) is 0 Å². The normalized spacial score (nSPS) is 20.4. The molecular formula is C19H25N5O5S. The highest BCUT2D eigenvalue weighted by Crippen LogP contribution is 2.30. The van der Waals surface area contributed by atoms with Crippen LogP contribution in [0.5, 0.6) is 0 Å². The summed E-state index contributed by atoms with van der Waals surface area (Å²) in [5.74, 6) is 0.394. The van der Waals surface area contributed by atoms with Crippen molar-refractivity contribution in [3.05, 3.63) is 31.3 Å². The van der Waals surface area contributed by atoms with Crippen molar-refractivity contribution in [2.75, 3.05) is 26.7 Å². The summed E-state index contributed by atoms with van der Waals surface area (Å²) in [6.45, 7) is 6.83. The fraction of sp³-hybridized carbons (Fsp3) is 0.579. The number of amides is 1. The molecule has 1 N–H and O–H groups in total. The van der Waals surface area contributed by atoms with E-state index in [2.05, 4.69) is 4.99 Å². The van der Waals surface area contributed by atoms with E-state index in [0.717, 1.165) is 16.9 Å². The lowest BCUT2D eigenvalue weighted by atomic mass is 10.2. The monoisotopic (exact) mass is 435 g/mol. The Labute approximate surface area is 176 Å². The maximum atomic E-state index is 13.0. The largest absolute Gasteiger partial charge is 0.463 e. The molecule has 0 bridgehead atoms. The number of carboxylic acid groups (broad SMARTS) is 1. The molecule has 1 amide bonds. The molecule has 162 valence electrons. The Hall–Kier alpha value is -2.66. The molecule has 2 aromatic rings. The van der Waals surface area contributed by atoms with Gasteiger partial charge < -0.3 is 19.6 Å². The molecule has 2 saturated heterocycles. The summed E-state index contributed by atoms with van der Waals surface area (Å²) < 4.78 is 8.45. The highest BCUT2D eigenvalue weighted by molar-refractivity contribution is 7.18. The number of aryl methyl sites for hydroxylation is 1. The van der Waals surface area contributed by atoms with Crippen LogP contribution < -0.4 is 11.2 Å². The minimum absolute atomic E-state index is 0.0129. The lowest BCUT2D eigenvalue weighted by molar-refractivity contribution is -0.0593. The summed E-state index contributed by atoms with van der Waals surface area (Å²) >= 11 is 1.42. The van der Waals surface area contributed by atoms with E-state index in [1.54, 1.807) is 23.4 Å². The Morgan fingerprint density at radius 1 is 1.30 bits per heavy atom.